The van der Waals surface area contributed by atoms with Crippen LogP contribution in [0.25, 0.3) is 0 Å². The van der Waals surface area contributed by atoms with Crippen LogP contribution in [-0.4, -0.2) is 22.1 Å². The maximum atomic E-state index is 10.7. The van der Waals surface area contributed by atoms with Crippen LogP contribution in [0.1, 0.15) is 31.2 Å². The predicted molar refractivity (Wildman–Crippen MR) is 61.6 cm³/mol. The molecule has 2 rings (SSSR count). The predicted octanol–water partition coefficient (Wildman–Crippen LogP) is 1.000. The molecule has 5 heteroatoms. The highest BCUT2D eigenvalue weighted by Gasteiger charge is 2.27. The Kier molecular flexibility index (Phi) is 3.19. The third kappa shape index (κ3) is 2.49. The monoisotopic (exact) mass is 238 g/mol. The van der Waals surface area contributed by atoms with Gasteiger partial charge >= 0.3 is 5.97 Å². The van der Waals surface area contributed by atoms with E-state index in [1.54, 1.807) is 0 Å². The molecule has 0 aliphatic heterocycles. The first kappa shape index (κ1) is 12.1. The third-order valence-electron chi connectivity index (χ3n) is 3.53. The van der Waals surface area contributed by atoms with E-state index in [0.29, 0.717) is 17.7 Å². The standard InChI is InChI=1S/C12H18N2O3/c1-6-3-9-10(4-7(6)2)17-11(14-9)5-8(13)12(15)16/h6-8H,3-5,13H2,1-2H3,(H,15,16)/t6?,7?,8-/m0/s1. The normalized spacial score (nSPS) is 25.4. The second-order valence-corrected chi connectivity index (χ2v) is 4.99. The van der Waals surface area contributed by atoms with Crippen LogP contribution in [0, 0.1) is 11.8 Å². The molecule has 2 unspecified atom stereocenters. The number of hydrogen-bond acceptors (Lipinski definition) is 4. The van der Waals surface area contributed by atoms with Gasteiger partial charge in [-0.1, -0.05) is 13.8 Å². The van der Waals surface area contributed by atoms with E-state index in [4.69, 9.17) is 15.3 Å². The zero-order valence-electron chi connectivity index (χ0n) is 10.1. The zero-order chi connectivity index (χ0) is 12.6. The number of carbonyl (C=O) groups is 1. The molecule has 5 nitrogen and oxygen atoms in total. The first-order chi connectivity index (χ1) is 7.97. The van der Waals surface area contributed by atoms with Crippen molar-refractivity contribution in [3.63, 3.8) is 0 Å². The lowest BCUT2D eigenvalue weighted by Gasteiger charge is -2.23. The van der Waals surface area contributed by atoms with Crippen LogP contribution in [0.5, 0.6) is 0 Å². The molecule has 0 aromatic carbocycles. The number of nitrogens with zero attached hydrogens (tertiary/aromatic N) is 1. The molecular weight excluding hydrogens is 220 g/mol. The number of carboxylic acids is 1. The van der Waals surface area contributed by atoms with Crippen molar-refractivity contribution in [2.24, 2.45) is 17.6 Å². The number of rotatable bonds is 3. The number of oxazole rings is 1. The highest BCUT2D eigenvalue weighted by molar-refractivity contribution is 5.73. The van der Waals surface area contributed by atoms with Crippen LogP contribution < -0.4 is 5.73 Å². The SMILES string of the molecule is CC1Cc2nc(C[C@H](N)C(=O)O)oc2CC1C. The van der Waals surface area contributed by atoms with Crippen molar-refractivity contribution < 1.29 is 14.3 Å². The fraction of sp³-hybridized carbons (Fsp3) is 0.667. The van der Waals surface area contributed by atoms with Crippen LogP contribution >= 0.6 is 0 Å². The molecular formula is C12H18N2O3. The molecule has 0 fully saturated rings. The molecule has 0 saturated heterocycles. The summed E-state index contributed by atoms with van der Waals surface area (Å²) in [6, 6.07) is -0.940. The van der Waals surface area contributed by atoms with E-state index >= 15 is 0 Å². The summed E-state index contributed by atoms with van der Waals surface area (Å²) in [5.74, 6) is 1.50. The number of nitrogens with two attached hydrogens (primary N) is 1. The quantitative estimate of drug-likeness (QED) is 0.820. The molecule has 1 aliphatic rings. The average Bonchev–Trinajstić information content (AvgIpc) is 2.60. The fourth-order valence-electron chi connectivity index (χ4n) is 2.12. The van der Waals surface area contributed by atoms with E-state index in [0.717, 1.165) is 24.3 Å². The number of carboxylic acid groups (broad SMARTS) is 1. The van der Waals surface area contributed by atoms with E-state index in [-0.39, 0.29) is 6.42 Å². The first-order valence-electron chi connectivity index (χ1n) is 5.93. The molecule has 0 radical (unpaired) electrons. The van der Waals surface area contributed by atoms with Gasteiger partial charge in [0, 0.05) is 6.42 Å². The Morgan fingerprint density at radius 3 is 2.82 bits per heavy atom. The van der Waals surface area contributed by atoms with Gasteiger partial charge in [0.25, 0.3) is 0 Å². The van der Waals surface area contributed by atoms with Crippen molar-refractivity contribution in [1.82, 2.24) is 4.98 Å². The summed E-state index contributed by atoms with van der Waals surface area (Å²) in [4.78, 5) is 15.0. The Bertz CT molecular complexity index is 400. The lowest BCUT2D eigenvalue weighted by molar-refractivity contribution is -0.138. The molecule has 1 heterocycles. The summed E-state index contributed by atoms with van der Waals surface area (Å²) in [5.41, 5.74) is 6.44. The van der Waals surface area contributed by atoms with Gasteiger partial charge in [-0.2, -0.15) is 0 Å². The molecule has 94 valence electrons. The van der Waals surface area contributed by atoms with Gasteiger partial charge in [0.15, 0.2) is 5.89 Å². The summed E-state index contributed by atoms with van der Waals surface area (Å²) in [7, 11) is 0. The summed E-state index contributed by atoms with van der Waals surface area (Å²) in [5, 5.41) is 8.74. The summed E-state index contributed by atoms with van der Waals surface area (Å²) in [6.45, 7) is 4.39. The highest BCUT2D eigenvalue weighted by Crippen LogP contribution is 2.30. The summed E-state index contributed by atoms with van der Waals surface area (Å²) < 4.78 is 5.59. The molecule has 1 aromatic heterocycles. The van der Waals surface area contributed by atoms with E-state index < -0.39 is 12.0 Å². The Labute approximate surface area is 100 Å². The van der Waals surface area contributed by atoms with E-state index in [2.05, 4.69) is 18.8 Å². The van der Waals surface area contributed by atoms with E-state index in [1.165, 1.54) is 0 Å². The van der Waals surface area contributed by atoms with Gasteiger partial charge in [-0.05, 0) is 18.3 Å². The molecule has 0 amide bonds. The Morgan fingerprint density at radius 2 is 2.18 bits per heavy atom. The maximum absolute atomic E-state index is 10.7. The van der Waals surface area contributed by atoms with Crippen LogP contribution in [0.3, 0.4) is 0 Å². The van der Waals surface area contributed by atoms with Crippen LogP contribution in [-0.2, 0) is 24.1 Å². The molecule has 17 heavy (non-hydrogen) atoms. The van der Waals surface area contributed by atoms with Crippen LogP contribution in [0.2, 0.25) is 0 Å². The Morgan fingerprint density at radius 1 is 1.53 bits per heavy atom. The van der Waals surface area contributed by atoms with Crippen molar-refractivity contribution in [3.8, 4) is 0 Å². The fourth-order valence-corrected chi connectivity index (χ4v) is 2.12. The van der Waals surface area contributed by atoms with Gasteiger partial charge in [-0.15, -0.1) is 0 Å². The van der Waals surface area contributed by atoms with Gasteiger partial charge in [0.2, 0.25) is 0 Å². The molecule has 1 aliphatic carbocycles. The van der Waals surface area contributed by atoms with Crippen molar-refractivity contribution in [1.29, 1.82) is 0 Å². The number of aromatic nitrogens is 1. The van der Waals surface area contributed by atoms with Crippen molar-refractivity contribution in [2.75, 3.05) is 0 Å². The van der Waals surface area contributed by atoms with Crippen LogP contribution in [0.4, 0.5) is 0 Å². The molecule has 3 N–H and O–H groups in total. The van der Waals surface area contributed by atoms with Crippen molar-refractivity contribution in [3.05, 3.63) is 17.3 Å². The van der Waals surface area contributed by atoms with Gasteiger partial charge in [0.05, 0.1) is 12.1 Å². The minimum absolute atomic E-state index is 0.158. The average molecular weight is 238 g/mol. The summed E-state index contributed by atoms with van der Waals surface area (Å²) in [6.07, 6.45) is 1.94. The number of hydrogen-bond donors (Lipinski definition) is 2. The van der Waals surface area contributed by atoms with Crippen molar-refractivity contribution >= 4 is 5.97 Å². The zero-order valence-corrected chi connectivity index (χ0v) is 10.1. The minimum atomic E-state index is -1.03. The molecule has 0 saturated carbocycles. The second-order valence-electron chi connectivity index (χ2n) is 4.99. The summed E-state index contributed by atoms with van der Waals surface area (Å²) >= 11 is 0. The number of aliphatic carboxylic acids is 1. The van der Waals surface area contributed by atoms with Gasteiger partial charge in [-0.3, -0.25) is 4.79 Å². The first-order valence-corrected chi connectivity index (χ1v) is 5.93. The Balaban J connectivity index is 2.13. The smallest absolute Gasteiger partial charge is 0.321 e. The molecule has 0 bridgehead atoms. The largest absolute Gasteiger partial charge is 0.480 e. The minimum Gasteiger partial charge on any atom is -0.480 e. The molecule has 1 aromatic rings. The number of fused-ring (bicyclic) bond motifs is 1. The van der Waals surface area contributed by atoms with E-state index in [1.807, 2.05) is 0 Å². The van der Waals surface area contributed by atoms with Gasteiger partial charge in [0.1, 0.15) is 11.8 Å². The topological polar surface area (TPSA) is 89.3 Å². The van der Waals surface area contributed by atoms with E-state index in [9.17, 15) is 4.79 Å². The Hall–Kier alpha value is -1.36. The second kappa shape index (κ2) is 4.49. The van der Waals surface area contributed by atoms with Crippen LogP contribution in [0.15, 0.2) is 4.42 Å². The lowest BCUT2D eigenvalue weighted by atomic mass is 9.83. The molecule has 0 spiro atoms. The van der Waals surface area contributed by atoms with Gasteiger partial charge < -0.3 is 15.3 Å². The lowest BCUT2D eigenvalue weighted by Crippen LogP contribution is -2.32. The highest BCUT2D eigenvalue weighted by atomic mass is 16.4. The third-order valence-corrected chi connectivity index (χ3v) is 3.53. The van der Waals surface area contributed by atoms with Gasteiger partial charge in [-0.25, -0.2) is 4.98 Å². The molecule has 3 atom stereocenters. The van der Waals surface area contributed by atoms with Crippen molar-refractivity contribution in [2.45, 2.75) is 39.2 Å². The maximum Gasteiger partial charge on any atom is 0.321 e.